The van der Waals surface area contributed by atoms with Crippen molar-refractivity contribution < 1.29 is 14.3 Å². The van der Waals surface area contributed by atoms with Gasteiger partial charge >= 0.3 is 0 Å². The Hall–Kier alpha value is -1.82. The van der Waals surface area contributed by atoms with Crippen LogP contribution in [0.15, 0.2) is 18.2 Å². The average Bonchev–Trinajstić information content (AvgIpc) is 2.52. The van der Waals surface area contributed by atoms with Crippen molar-refractivity contribution in [2.75, 3.05) is 26.8 Å². The summed E-state index contributed by atoms with van der Waals surface area (Å²) in [6.45, 7) is 4.07. The Kier molecular flexibility index (Phi) is 5.60. The molecule has 1 amide bonds. The number of methoxy groups -OCH3 is 1. The number of benzene rings is 1. The summed E-state index contributed by atoms with van der Waals surface area (Å²) in [6, 6.07) is 5.49. The second-order valence-electron chi connectivity index (χ2n) is 5.60. The van der Waals surface area contributed by atoms with Gasteiger partial charge in [-0.15, -0.1) is 0 Å². The first-order valence-electron chi connectivity index (χ1n) is 7.39. The molecule has 1 aromatic rings. The predicted molar refractivity (Wildman–Crippen MR) is 89.4 cm³/mol. The summed E-state index contributed by atoms with van der Waals surface area (Å²) in [6.07, 6.45) is 2.33. The van der Waals surface area contributed by atoms with E-state index in [0.717, 1.165) is 42.4 Å². The van der Waals surface area contributed by atoms with E-state index in [0.29, 0.717) is 11.5 Å². The molecule has 120 valence electrons. The molecule has 0 aliphatic carbocycles. The van der Waals surface area contributed by atoms with Crippen molar-refractivity contribution in [3.8, 4) is 11.5 Å². The minimum atomic E-state index is -0.524. The molecular weight excluding hydrogens is 300 g/mol. The molecule has 1 aliphatic heterocycles. The quantitative estimate of drug-likeness (QED) is 0.840. The Morgan fingerprint density at radius 1 is 1.36 bits per heavy atom. The third kappa shape index (κ3) is 4.10. The molecule has 0 radical (unpaired) electrons. The normalized spacial score (nSPS) is 15.5. The van der Waals surface area contributed by atoms with Gasteiger partial charge in [0.1, 0.15) is 4.99 Å². The van der Waals surface area contributed by atoms with Crippen LogP contribution in [0.25, 0.3) is 0 Å². The van der Waals surface area contributed by atoms with Crippen molar-refractivity contribution >= 4 is 23.1 Å². The summed E-state index contributed by atoms with van der Waals surface area (Å²) in [4.78, 5) is 13.9. The van der Waals surface area contributed by atoms with Crippen molar-refractivity contribution in [2.45, 2.75) is 19.8 Å². The van der Waals surface area contributed by atoms with Gasteiger partial charge in [-0.3, -0.25) is 4.79 Å². The number of rotatable bonds is 5. The lowest BCUT2D eigenvalue weighted by Gasteiger charge is -2.32. The molecule has 0 spiro atoms. The molecule has 1 aliphatic rings. The Labute approximate surface area is 136 Å². The third-order valence-corrected chi connectivity index (χ3v) is 4.35. The molecule has 0 unspecified atom stereocenters. The lowest BCUT2D eigenvalue weighted by molar-refractivity contribution is -0.119. The van der Waals surface area contributed by atoms with Crippen LogP contribution < -0.4 is 15.2 Å². The van der Waals surface area contributed by atoms with Gasteiger partial charge in [0.25, 0.3) is 5.91 Å². The number of nitrogens with two attached hydrogens (primary N) is 1. The van der Waals surface area contributed by atoms with Crippen LogP contribution in [0.3, 0.4) is 0 Å². The second-order valence-corrected chi connectivity index (χ2v) is 5.98. The number of carbonyl (C=O) groups is 1. The van der Waals surface area contributed by atoms with Gasteiger partial charge in [0.2, 0.25) is 0 Å². The highest BCUT2D eigenvalue weighted by molar-refractivity contribution is 7.80. The van der Waals surface area contributed by atoms with Gasteiger partial charge < -0.3 is 20.1 Å². The van der Waals surface area contributed by atoms with Crippen LogP contribution in [0.4, 0.5) is 0 Å². The molecule has 0 aromatic heterocycles. The molecule has 1 fully saturated rings. The smallest absolute Gasteiger partial charge is 0.255 e. The molecule has 2 N–H and O–H groups in total. The summed E-state index contributed by atoms with van der Waals surface area (Å²) in [7, 11) is 1.56. The van der Waals surface area contributed by atoms with E-state index in [2.05, 4.69) is 11.8 Å². The number of likely N-dealkylation sites (tertiary alicyclic amines) is 1. The Balaban J connectivity index is 2.11. The van der Waals surface area contributed by atoms with Gasteiger partial charge in [0, 0.05) is 18.7 Å². The number of hydrogen-bond acceptors (Lipinski definition) is 4. The maximum Gasteiger partial charge on any atom is 0.255 e. The molecule has 1 heterocycles. The fourth-order valence-corrected chi connectivity index (χ4v) is 2.77. The topological polar surface area (TPSA) is 64.8 Å². The number of carbonyl (C=O) groups excluding carboxylic acids is 1. The van der Waals surface area contributed by atoms with Crippen molar-refractivity contribution in [3.63, 3.8) is 0 Å². The van der Waals surface area contributed by atoms with Gasteiger partial charge in [-0.1, -0.05) is 19.1 Å². The van der Waals surface area contributed by atoms with Gasteiger partial charge in [-0.2, -0.15) is 0 Å². The van der Waals surface area contributed by atoms with Gasteiger partial charge in [-0.05, 0) is 37.0 Å². The van der Waals surface area contributed by atoms with Gasteiger partial charge in [0.15, 0.2) is 18.1 Å². The van der Waals surface area contributed by atoms with E-state index in [9.17, 15) is 4.79 Å². The molecule has 0 atom stereocenters. The van der Waals surface area contributed by atoms with E-state index in [1.807, 2.05) is 12.1 Å². The molecule has 0 saturated carbocycles. The SMILES string of the molecule is COc1cc(C(=S)N2CCC(C)CC2)ccc1OCC(N)=O. The maximum absolute atomic E-state index is 10.8. The zero-order valence-corrected chi connectivity index (χ0v) is 13.8. The molecule has 2 rings (SSSR count). The monoisotopic (exact) mass is 322 g/mol. The molecule has 1 saturated heterocycles. The highest BCUT2D eigenvalue weighted by Crippen LogP contribution is 2.29. The number of nitrogens with zero attached hydrogens (tertiary/aromatic N) is 1. The number of hydrogen-bond donors (Lipinski definition) is 1. The highest BCUT2D eigenvalue weighted by Gasteiger charge is 2.19. The van der Waals surface area contributed by atoms with Crippen LogP contribution in [0, 0.1) is 5.92 Å². The number of primary amides is 1. The zero-order chi connectivity index (χ0) is 16.1. The maximum atomic E-state index is 10.8. The number of ether oxygens (including phenoxy) is 2. The van der Waals surface area contributed by atoms with Crippen molar-refractivity contribution in [2.24, 2.45) is 11.7 Å². The van der Waals surface area contributed by atoms with Crippen LogP contribution in [0.2, 0.25) is 0 Å². The summed E-state index contributed by atoms with van der Waals surface area (Å²) in [5.74, 6) is 1.27. The van der Waals surface area contributed by atoms with Crippen molar-refractivity contribution in [1.82, 2.24) is 4.90 Å². The number of piperidine rings is 1. The average molecular weight is 322 g/mol. The van der Waals surface area contributed by atoms with Crippen LogP contribution in [-0.2, 0) is 4.79 Å². The molecule has 22 heavy (non-hydrogen) atoms. The van der Waals surface area contributed by atoms with Crippen LogP contribution in [0.5, 0.6) is 11.5 Å². The van der Waals surface area contributed by atoms with E-state index in [1.165, 1.54) is 0 Å². The zero-order valence-electron chi connectivity index (χ0n) is 13.0. The fourth-order valence-electron chi connectivity index (χ4n) is 2.46. The minimum Gasteiger partial charge on any atom is -0.493 e. The van der Waals surface area contributed by atoms with E-state index < -0.39 is 5.91 Å². The highest BCUT2D eigenvalue weighted by atomic mass is 32.1. The molecule has 0 bridgehead atoms. The van der Waals surface area contributed by atoms with Crippen LogP contribution in [-0.4, -0.2) is 42.6 Å². The van der Waals surface area contributed by atoms with Crippen LogP contribution >= 0.6 is 12.2 Å². The number of thiocarbonyl (C=S) groups is 1. The predicted octanol–water partition coefficient (Wildman–Crippen LogP) is 1.97. The summed E-state index contributed by atoms with van der Waals surface area (Å²) >= 11 is 5.59. The van der Waals surface area contributed by atoms with E-state index >= 15 is 0 Å². The first-order chi connectivity index (χ1) is 10.5. The van der Waals surface area contributed by atoms with Crippen LogP contribution in [0.1, 0.15) is 25.3 Å². The lowest BCUT2D eigenvalue weighted by Crippen LogP contribution is -2.37. The molecular formula is C16H22N2O3S. The van der Waals surface area contributed by atoms with Crippen molar-refractivity contribution in [3.05, 3.63) is 23.8 Å². The Morgan fingerprint density at radius 2 is 2.05 bits per heavy atom. The molecule has 1 aromatic carbocycles. The van der Waals surface area contributed by atoms with Gasteiger partial charge in [-0.25, -0.2) is 0 Å². The summed E-state index contributed by atoms with van der Waals surface area (Å²) < 4.78 is 10.6. The number of amides is 1. The van der Waals surface area contributed by atoms with E-state index in [-0.39, 0.29) is 6.61 Å². The largest absolute Gasteiger partial charge is 0.493 e. The van der Waals surface area contributed by atoms with E-state index in [1.54, 1.807) is 13.2 Å². The summed E-state index contributed by atoms with van der Waals surface area (Å²) in [5.41, 5.74) is 6.01. The van der Waals surface area contributed by atoms with E-state index in [4.69, 9.17) is 27.4 Å². The Morgan fingerprint density at radius 3 is 2.64 bits per heavy atom. The first-order valence-corrected chi connectivity index (χ1v) is 7.80. The third-order valence-electron chi connectivity index (χ3n) is 3.85. The van der Waals surface area contributed by atoms with Gasteiger partial charge in [0.05, 0.1) is 7.11 Å². The summed E-state index contributed by atoms with van der Waals surface area (Å²) in [5, 5.41) is 0. The standard InChI is InChI=1S/C16H22N2O3S/c1-11-5-7-18(8-6-11)16(22)12-3-4-13(14(9-12)20-2)21-10-15(17)19/h3-4,9,11H,5-8,10H2,1-2H3,(H2,17,19). The minimum absolute atomic E-state index is 0.176. The Bertz CT molecular complexity index is 554. The van der Waals surface area contributed by atoms with Crippen molar-refractivity contribution in [1.29, 1.82) is 0 Å². The molecule has 5 nitrogen and oxygen atoms in total. The lowest BCUT2D eigenvalue weighted by atomic mass is 9.99. The fraction of sp³-hybridized carbons (Fsp3) is 0.500. The first kappa shape index (κ1) is 16.5. The second kappa shape index (κ2) is 7.45. The molecule has 6 heteroatoms.